The lowest BCUT2D eigenvalue weighted by Crippen LogP contribution is -2.51. The Morgan fingerprint density at radius 1 is 0.442 bits per heavy atom. The van der Waals surface area contributed by atoms with Crippen LogP contribution in [0.1, 0.15) is 238 Å². The number of nitrogens with one attached hydrogen (secondary N) is 7. The number of hydrogen-bond acceptors (Lipinski definition) is 13. The highest BCUT2D eigenvalue weighted by Crippen LogP contribution is 2.37. The first-order valence-electron chi connectivity index (χ1n) is 36.4. The number of benzene rings is 3. The summed E-state index contributed by atoms with van der Waals surface area (Å²) in [5, 5.41) is 27.1. The summed E-state index contributed by atoms with van der Waals surface area (Å²) in [7, 11) is 3.46. The minimum atomic E-state index is -0.959. The van der Waals surface area contributed by atoms with Gasteiger partial charge in [-0.25, -0.2) is 33.9 Å². The number of carbonyl (C=O) groups is 5. The Hall–Kier alpha value is -11.3. The molecule has 6 aromatic rings. The lowest BCUT2D eigenvalue weighted by atomic mass is 9.98. The van der Waals surface area contributed by atoms with Crippen LogP contribution in [0.5, 0.6) is 11.8 Å². The molecule has 0 bridgehead atoms. The van der Waals surface area contributed by atoms with Crippen molar-refractivity contribution >= 4 is 74.6 Å². The Morgan fingerprint density at radius 3 is 1.20 bits per heavy atom. The molecule has 25 heteroatoms. The van der Waals surface area contributed by atoms with E-state index in [1.165, 1.54) is 148 Å². The van der Waals surface area contributed by atoms with E-state index in [1.807, 2.05) is 44.9 Å². The molecule has 6 heterocycles. The van der Waals surface area contributed by atoms with E-state index in [2.05, 4.69) is 53.3 Å². The van der Waals surface area contributed by atoms with E-state index in [0.717, 1.165) is 42.9 Å². The maximum absolute atomic E-state index is 13.3. The van der Waals surface area contributed by atoms with Crippen molar-refractivity contribution in [3.05, 3.63) is 204 Å². The van der Waals surface area contributed by atoms with Gasteiger partial charge in [0, 0.05) is 53.5 Å². The summed E-state index contributed by atoms with van der Waals surface area (Å²) in [5.74, 6) is -3.94. The molecule has 25 nitrogen and oxygen atoms in total. The van der Waals surface area contributed by atoms with Gasteiger partial charge in [0.05, 0.1) is 47.9 Å². The number of amides is 6. The lowest BCUT2D eigenvalue weighted by molar-refractivity contribution is -0.126. The predicted molar refractivity (Wildman–Crippen MR) is 410 cm³/mol. The highest BCUT2D eigenvalue weighted by molar-refractivity contribution is 6.35. The topological polar surface area (TPSA) is 341 Å². The Bertz CT molecular complexity index is 4730. The molecular weight excluding hydrogens is 1320 g/mol. The molecule has 0 saturated carbocycles. The number of carbonyl (C=O) groups excluding carboxylic acids is 5. The largest absolute Gasteiger partial charge is 0.494 e. The van der Waals surface area contributed by atoms with Gasteiger partial charge in [-0.2, -0.15) is 0 Å². The van der Waals surface area contributed by atoms with Crippen LogP contribution in [-0.4, -0.2) is 113 Å². The summed E-state index contributed by atoms with van der Waals surface area (Å²) < 4.78 is 0. The van der Waals surface area contributed by atoms with Crippen molar-refractivity contribution < 1.29 is 38.5 Å². The Morgan fingerprint density at radius 2 is 0.798 bits per heavy atom. The van der Waals surface area contributed by atoms with Crippen LogP contribution in [-0.2, 0) is 19.2 Å². The Labute approximate surface area is 609 Å². The van der Waals surface area contributed by atoms with Gasteiger partial charge in [0.1, 0.15) is 16.7 Å². The molecule has 3 aliphatic heterocycles. The first kappa shape index (κ1) is 80.1. The second-order valence-electron chi connectivity index (χ2n) is 26.3. The fraction of sp³-hybridized carbons (Fsp3) is 0.443. The number of unbranched alkanes of at least 4 members (excludes halogenated alkanes) is 26. The number of urea groups is 1. The van der Waals surface area contributed by atoms with Crippen LogP contribution in [0.4, 0.5) is 4.79 Å². The van der Waals surface area contributed by atoms with E-state index < -0.39 is 63.6 Å². The number of aromatic hydroxyl groups is 2. The SMILES string of the molecule is O=C1NC(=O)C(=C2N=C(c3c(O)[nH]c(=O)[nH]c3=O)c3ccccc32)C(=O)N1.[C-]#[N+]/C(C(=O)N(C)CCCCCCCCCCCCCCCC)=C1/N=C(c2c(O)[nH]c(=O)[nH]c2=O)c2ccccc21.[C-]#[N+]/C(C)=c1/[nH]/c(=C(/[N+]#[C-])C(=O)N(C)CCCCCCCCCCCCCCCC)c2ccccc12.[HH].[HH].[HH]. The van der Waals surface area contributed by atoms with Gasteiger partial charge in [-0.05, 0) is 36.1 Å². The molecular formula is C79H102N14O11. The lowest BCUT2D eigenvalue weighted by Gasteiger charge is -2.17. The van der Waals surface area contributed by atoms with Gasteiger partial charge in [0.15, 0.2) is 5.70 Å². The van der Waals surface area contributed by atoms with Gasteiger partial charge in [-0.3, -0.25) is 64.3 Å². The van der Waals surface area contributed by atoms with Gasteiger partial charge in [0.25, 0.3) is 46.1 Å². The van der Waals surface area contributed by atoms with Gasteiger partial charge >= 0.3 is 17.4 Å². The molecule has 104 heavy (non-hydrogen) atoms. The summed E-state index contributed by atoms with van der Waals surface area (Å²) in [6.07, 6.45) is 35.8. The van der Waals surface area contributed by atoms with Gasteiger partial charge < -0.3 is 25.0 Å². The number of aliphatic imine (C=N–C) groups is 2. The molecule has 0 unspecified atom stereocenters. The zero-order chi connectivity index (χ0) is 75.1. The molecule has 3 aromatic heterocycles. The second kappa shape index (κ2) is 41.0. The first-order valence-corrected chi connectivity index (χ1v) is 36.4. The molecule has 554 valence electrons. The van der Waals surface area contributed by atoms with Gasteiger partial charge in [-0.15, -0.1) is 0 Å². The van der Waals surface area contributed by atoms with Crippen molar-refractivity contribution in [3.8, 4) is 11.8 Å². The zero-order valence-corrected chi connectivity index (χ0v) is 60.3. The third-order valence-electron chi connectivity index (χ3n) is 18.5. The number of aromatic nitrogens is 5. The smallest absolute Gasteiger partial charge is 0.328 e. The summed E-state index contributed by atoms with van der Waals surface area (Å²) >= 11 is 0. The molecule has 6 amide bonds. The predicted octanol–water partition coefficient (Wildman–Crippen LogP) is 12.8. The molecule has 9 N–H and O–H groups in total. The molecule has 9 rings (SSSR count). The van der Waals surface area contributed by atoms with Crippen LogP contribution in [0, 0.1) is 19.7 Å². The van der Waals surface area contributed by atoms with E-state index in [1.54, 1.807) is 79.3 Å². The summed E-state index contributed by atoms with van der Waals surface area (Å²) in [4.78, 5) is 143. The molecule has 3 aliphatic rings. The van der Waals surface area contributed by atoms with Crippen LogP contribution in [0.3, 0.4) is 0 Å². The van der Waals surface area contributed by atoms with Crippen LogP contribution in [0.15, 0.2) is 113 Å². The number of aromatic amines is 5. The number of H-pyrrole nitrogens is 5. The number of barbiturate groups is 1. The average Bonchev–Trinajstić information content (AvgIpc) is 1.63. The van der Waals surface area contributed by atoms with Crippen molar-refractivity contribution in [1.29, 1.82) is 0 Å². The first-order chi connectivity index (χ1) is 50.3. The molecule has 0 spiro atoms. The number of hydrogen-bond donors (Lipinski definition) is 9. The standard InChI is InChI=1S/C32H43N5O4.C31H44N4O.C16H9N5O6.3H2/c1-4-5-6-7-8-9-10-11-12-13-14-15-16-19-22-37(3)31(40)28(33-2)27-24-21-18-17-20-23(24)26(34-27)25-29(38)35-32(41)36-30(25)39;1-6-7-8-9-10-11-12-13-14-15-16-17-18-21-24-35(5)31(36)30(33-4)29-27-23-20-19-22-26(27)28(34-29)25(2)32-3;22-11-7(12(23)19-15(26)18-11)9-5-3-1-2-4-6(5)10(17-9)8-13(24)20-16(27)21-14(8)25;;;/h17-18,20-21H,4-16,19,22H2,1,3H3,(H3,35,36,38,39,41);19-20,22-23,34H,6-18,21,24H2,1-2,5H3;1-4H,(H2,18,19,22,23,26)(H3,20,21,24,25,27);3*1H/b28-27+;28-25+,30-29+;;;;. The number of nitrogens with zero attached hydrogens (tertiary/aromatic N) is 7. The third-order valence-corrected chi connectivity index (χ3v) is 18.5. The maximum atomic E-state index is 13.3. The van der Waals surface area contributed by atoms with Crippen LogP contribution in [0.2, 0.25) is 0 Å². The average molecular weight is 1420 g/mol. The fourth-order valence-corrected chi connectivity index (χ4v) is 12.8. The van der Waals surface area contributed by atoms with Crippen LogP contribution < -0.4 is 43.8 Å². The van der Waals surface area contributed by atoms with Gasteiger partial charge in [-0.1, -0.05) is 254 Å². The second-order valence-corrected chi connectivity index (χ2v) is 26.3. The van der Waals surface area contributed by atoms with Crippen molar-refractivity contribution in [1.82, 2.24) is 45.4 Å². The molecule has 3 aromatic carbocycles. The van der Waals surface area contributed by atoms with E-state index in [9.17, 15) is 53.4 Å². The van der Waals surface area contributed by atoms with Gasteiger partial charge in [0.2, 0.25) is 11.8 Å². The van der Waals surface area contributed by atoms with Crippen molar-refractivity contribution in [2.45, 2.75) is 201 Å². The number of fused-ring (bicyclic) bond motifs is 3. The highest BCUT2D eigenvalue weighted by atomic mass is 16.3. The number of likely N-dealkylation sites (N-methyl/N-ethyl adjacent to an activating group) is 2. The number of imide groups is 2. The Balaban J connectivity index is 0.000000340. The van der Waals surface area contributed by atoms with Crippen molar-refractivity contribution in [3.63, 3.8) is 0 Å². The maximum Gasteiger partial charge on any atom is 0.328 e. The summed E-state index contributed by atoms with van der Waals surface area (Å²) in [6.45, 7) is 30.2. The molecule has 1 saturated heterocycles. The van der Waals surface area contributed by atoms with E-state index in [0.29, 0.717) is 51.7 Å². The minimum Gasteiger partial charge on any atom is -0.494 e. The third kappa shape index (κ3) is 21.6. The zero-order valence-electron chi connectivity index (χ0n) is 60.3. The highest BCUT2D eigenvalue weighted by Gasteiger charge is 2.37. The molecule has 0 radical (unpaired) electrons. The normalized spacial score (nSPS) is 13.8. The molecule has 1 fully saturated rings. The molecule has 0 aliphatic carbocycles. The van der Waals surface area contributed by atoms with Crippen LogP contribution >= 0.6 is 0 Å². The molecule has 0 atom stereocenters. The Kier molecular flexibility index (Phi) is 31.6. The fourth-order valence-electron chi connectivity index (χ4n) is 12.8. The van der Waals surface area contributed by atoms with Crippen molar-refractivity contribution in [2.24, 2.45) is 9.98 Å². The monoisotopic (exact) mass is 1420 g/mol. The summed E-state index contributed by atoms with van der Waals surface area (Å²) in [5.41, 5.74) is -2.17. The quantitative estimate of drug-likeness (QED) is 0.00791. The van der Waals surface area contributed by atoms with E-state index >= 15 is 0 Å². The van der Waals surface area contributed by atoms with Crippen molar-refractivity contribution in [2.75, 3.05) is 27.2 Å². The van der Waals surface area contributed by atoms with E-state index in [4.69, 9.17) is 19.7 Å². The van der Waals surface area contributed by atoms with Crippen LogP contribution in [0.25, 0.3) is 48.1 Å². The summed E-state index contributed by atoms with van der Waals surface area (Å²) in [6, 6.07) is 19.9. The number of rotatable bonds is 34. The van der Waals surface area contributed by atoms with E-state index in [-0.39, 0.29) is 55.5 Å². The minimum absolute atomic E-state index is 0.